The van der Waals surface area contributed by atoms with Gasteiger partial charge in [-0.25, -0.2) is 0 Å². The van der Waals surface area contributed by atoms with Crippen LogP contribution in [0.3, 0.4) is 0 Å². The summed E-state index contributed by atoms with van der Waals surface area (Å²) in [6.07, 6.45) is 5.07. The Bertz CT molecular complexity index is 507. The number of piperidine rings is 1. The quantitative estimate of drug-likeness (QED) is 0.771. The molecule has 6 nitrogen and oxygen atoms in total. The number of amides is 1. The molecule has 1 N–H and O–H groups in total. The molecule has 126 valence electrons. The number of rotatable bonds is 7. The van der Waals surface area contributed by atoms with Crippen LogP contribution in [0.4, 0.5) is 0 Å². The van der Waals surface area contributed by atoms with Crippen molar-refractivity contribution in [1.82, 2.24) is 15.2 Å². The van der Waals surface area contributed by atoms with E-state index in [1.165, 1.54) is 7.11 Å². The van der Waals surface area contributed by atoms with Crippen LogP contribution in [-0.4, -0.2) is 48.0 Å². The Labute approximate surface area is 137 Å². The Morgan fingerprint density at radius 3 is 3.00 bits per heavy atom. The van der Waals surface area contributed by atoms with Crippen molar-refractivity contribution in [3.05, 3.63) is 30.1 Å². The maximum Gasteiger partial charge on any atom is 0.305 e. The molecule has 1 amide bonds. The van der Waals surface area contributed by atoms with Gasteiger partial charge in [0.1, 0.15) is 0 Å². The molecule has 1 fully saturated rings. The fourth-order valence-electron chi connectivity index (χ4n) is 2.83. The van der Waals surface area contributed by atoms with Crippen LogP contribution in [0.1, 0.15) is 37.8 Å². The van der Waals surface area contributed by atoms with Crippen molar-refractivity contribution in [3.8, 4) is 0 Å². The second kappa shape index (κ2) is 9.25. The molecular weight excluding hydrogens is 294 g/mol. The van der Waals surface area contributed by atoms with Gasteiger partial charge in [0.2, 0.25) is 5.91 Å². The van der Waals surface area contributed by atoms with Crippen LogP contribution in [0.2, 0.25) is 0 Å². The minimum Gasteiger partial charge on any atom is -0.469 e. The molecule has 0 aliphatic carbocycles. The molecule has 2 rings (SSSR count). The van der Waals surface area contributed by atoms with Crippen LogP contribution in [-0.2, 0) is 20.9 Å². The first-order valence-corrected chi connectivity index (χ1v) is 8.16. The normalized spacial score (nSPS) is 18.4. The number of methoxy groups -OCH3 is 1. The first-order valence-electron chi connectivity index (χ1n) is 8.16. The van der Waals surface area contributed by atoms with Gasteiger partial charge < -0.3 is 10.1 Å². The number of aromatic nitrogens is 1. The molecule has 1 aliphatic rings. The highest BCUT2D eigenvalue weighted by atomic mass is 16.5. The van der Waals surface area contributed by atoms with Crippen molar-refractivity contribution in [1.29, 1.82) is 0 Å². The first kappa shape index (κ1) is 17.4. The van der Waals surface area contributed by atoms with E-state index in [4.69, 9.17) is 0 Å². The van der Waals surface area contributed by atoms with E-state index in [-0.39, 0.29) is 17.9 Å². The van der Waals surface area contributed by atoms with Gasteiger partial charge in [0.15, 0.2) is 0 Å². The van der Waals surface area contributed by atoms with Gasteiger partial charge in [0.05, 0.1) is 12.8 Å². The lowest BCUT2D eigenvalue weighted by atomic mass is 10.0. The summed E-state index contributed by atoms with van der Waals surface area (Å²) in [6.45, 7) is 2.69. The van der Waals surface area contributed by atoms with Crippen LogP contribution in [0, 0.1) is 0 Å². The molecule has 1 aromatic rings. The van der Waals surface area contributed by atoms with E-state index in [1.807, 2.05) is 18.2 Å². The Hall–Kier alpha value is -1.95. The van der Waals surface area contributed by atoms with Gasteiger partial charge in [0.25, 0.3) is 0 Å². The van der Waals surface area contributed by atoms with Crippen molar-refractivity contribution in [2.45, 2.75) is 44.7 Å². The molecule has 1 unspecified atom stereocenters. The monoisotopic (exact) mass is 319 g/mol. The number of pyridine rings is 1. The van der Waals surface area contributed by atoms with Crippen LogP contribution in [0.15, 0.2) is 24.4 Å². The van der Waals surface area contributed by atoms with E-state index in [0.29, 0.717) is 19.3 Å². The minimum absolute atomic E-state index is 0.0126. The Morgan fingerprint density at radius 2 is 2.26 bits per heavy atom. The Kier molecular flexibility index (Phi) is 7.00. The van der Waals surface area contributed by atoms with Gasteiger partial charge in [-0.3, -0.25) is 19.5 Å². The number of nitrogens with one attached hydrogen (secondary N) is 1. The van der Waals surface area contributed by atoms with Crippen LogP contribution >= 0.6 is 0 Å². The molecule has 1 aliphatic heterocycles. The summed E-state index contributed by atoms with van der Waals surface area (Å²) < 4.78 is 4.57. The highest BCUT2D eigenvalue weighted by Crippen LogP contribution is 2.13. The van der Waals surface area contributed by atoms with Gasteiger partial charge in [-0.1, -0.05) is 6.07 Å². The zero-order chi connectivity index (χ0) is 16.5. The number of hydrogen-bond donors (Lipinski definition) is 1. The van der Waals surface area contributed by atoms with Crippen LogP contribution in [0.25, 0.3) is 0 Å². The van der Waals surface area contributed by atoms with Gasteiger partial charge in [0, 0.05) is 38.2 Å². The second-order valence-electron chi connectivity index (χ2n) is 5.89. The molecular formula is C17H25N3O3. The number of hydrogen-bond acceptors (Lipinski definition) is 5. The fraction of sp³-hybridized carbons (Fsp3) is 0.588. The lowest BCUT2D eigenvalue weighted by molar-refractivity contribution is -0.140. The van der Waals surface area contributed by atoms with Gasteiger partial charge in [-0.15, -0.1) is 0 Å². The van der Waals surface area contributed by atoms with Crippen molar-refractivity contribution in [2.24, 2.45) is 0 Å². The van der Waals surface area contributed by atoms with E-state index >= 15 is 0 Å². The Morgan fingerprint density at radius 1 is 1.39 bits per heavy atom. The SMILES string of the molecule is COC(=O)CCCC(=O)NC1CCCN(Cc2ccccn2)C1. The number of likely N-dealkylation sites (tertiary alicyclic amines) is 1. The predicted molar refractivity (Wildman–Crippen MR) is 86.5 cm³/mol. The third-order valence-electron chi connectivity index (χ3n) is 3.99. The molecule has 2 heterocycles. The van der Waals surface area contributed by atoms with Gasteiger partial charge >= 0.3 is 5.97 Å². The van der Waals surface area contributed by atoms with Crippen molar-refractivity contribution in [3.63, 3.8) is 0 Å². The first-order chi connectivity index (χ1) is 11.2. The summed E-state index contributed by atoms with van der Waals surface area (Å²) in [5.74, 6) is -0.254. The van der Waals surface area contributed by atoms with Crippen LogP contribution < -0.4 is 5.32 Å². The maximum absolute atomic E-state index is 12.0. The molecule has 0 spiro atoms. The average molecular weight is 319 g/mol. The largest absolute Gasteiger partial charge is 0.469 e. The predicted octanol–water partition coefficient (Wildman–Crippen LogP) is 1.51. The summed E-state index contributed by atoms with van der Waals surface area (Å²) in [4.78, 5) is 29.7. The van der Waals surface area contributed by atoms with Crippen molar-refractivity contribution >= 4 is 11.9 Å². The van der Waals surface area contributed by atoms with E-state index in [0.717, 1.165) is 38.2 Å². The topological polar surface area (TPSA) is 71.5 Å². The number of nitrogens with zero attached hydrogens (tertiary/aromatic N) is 2. The highest BCUT2D eigenvalue weighted by molar-refractivity contribution is 5.77. The molecule has 0 aromatic carbocycles. The molecule has 1 saturated heterocycles. The second-order valence-corrected chi connectivity index (χ2v) is 5.89. The standard InChI is InChI=1S/C17H25N3O3/c1-23-17(22)9-4-8-16(21)19-15-7-5-11-20(13-15)12-14-6-2-3-10-18-14/h2-3,6,10,15H,4-5,7-9,11-13H2,1H3,(H,19,21). The third kappa shape index (κ3) is 6.36. The molecule has 23 heavy (non-hydrogen) atoms. The van der Waals surface area contributed by atoms with Crippen LogP contribution in [0.5, 0.6) is 0 Å². The minimum atomic E-state index is -0.267. The molecule has 0 radical (unpaired) electrons. The van der Waals surface area contributed by atoms with E-state index in [1.54, 1.807) is 6.20 Å². The van der Waals surface area contributed by atoms with E-state index in [9.17, 15) is 9.59 Å². The Balaban J connectivity index is 1.71. The average Bonchev–Trinajstić information content (AvgIpc) is 2.56. The summed E-state index contributed by atoms with van der Waals surface area (Å²) in [5.41, 5.74) is 1.05. The fourth-order valence-corrected chi connectivity index (χ4v) is 2.83. The molecule has 1 atom stereocenters. The molecule has 1 aromatic heterocycles. The van der Waals surface area contributed by atoms with Crippen molar-refractivity contribution < 1.29 is 14.3 Å². The summed E-state index contributed by atoms with van der Waals surface area (Å²) in [5, 5.41) is 3.07. The lowest BCUT2D eigenvalue weighted by Crippen LogP contribution is -2.47. The number of carbonyl (C=O) groups is 2. The zero-order valence-corrected chi connectivity index (χ0v) is 13.7. The van der Waals surface area contributed by atoms with Crippen molar-refractivity contribution in [2.75, 3.05) is 20.2 Å². The number of esters is 1. The number of ether oxygens (including phenoxy) is 1. The van der Waals surface area contributed by atoms with Gasteiger partial charge in [-0.2, -0.15) is 0 Å². The smallest absolute Gasteiger partial charge is 0.305 e. The summed E-state index contributed by atoms with van der Waals surface area (Å²) in [7, 11) is 1.36. The highest BCUT2D eigenvalue weighted by Gasteiger charge is 2.21. The third-order valence-corrected chi connectivity index (χ3v) is 3.99. The van der Waals surface area contributed by atoms with E-state index < -0.39 is 0 Å². The molecule has 0 bridgehead atoms. The van der Waals surface area contributed by atoms with E-state index in [2.05, 4.69) is 19.9 Å². The maximum atomic E-state index is 12.0. The lowest BCUT2D eigenvalue weighted by Gasteiger charge is -2.32. The number of carbonyl (C=O) groups excluding carboxylic acids is 2. The molecule has 0 saturated carbocycles. The summed E-state index contributed by atoms with van der Waals surface area (Å²) >= 11 is 0. The summed E-state index contributed by atoms with van der Waals surface area (Å²) in [6, 6.07) is 6.11. The molecule has 6 heteroatoms. The van der Waals surface area contributed by atoms with Gasteiger partial charge in [-0.05, 0) is 37.9 Å². The zero-order valence-electron chi connectivity index (χ0n) is 13.7.